The van der Waals surface area contributed by atoms with Gasteiger partial charge in [0.05, 0.1) is 41.7 Å². The van der Waals surface area contributed by atoms with Gasteiger partial charge in [-0.25, -0.2) is 0 Å². The van der Waals surface area contributed by atoms with Crippen LogP contribution in [-0.2, 0) is 0 Å². The van der Waals surface area contributed by atoms with E-state index in [0.717, 1.165) is 28.0 Å². The highest BCUT2D eigenvalue weighted by atomic mass is 16.5. The molecule has 0 unspecified atom stereocenters. The molecule has 0 heterocycles. The minimum Gasteiger partial charge on any atom is -0.497 e. The van der Waals surface area contributed by atoms with Crippen LogP contribution in [0.5, 0.6) is 28.7 Å². The number of aliphatic hydroxyl groups is 1. The van der Waals surface area contributed by atoms with Crippen molar-refractivity contribution in [3.8, 4) is 28.7 Å². The van der Waals surface area contributed by atoms with Crippen LogP contribution in [0.1, 0.15) is 40.2 Å². The first-order valence-corrected chi connectivity index (χ1v) is 10.3. The second-order valence-corrected chi connectivity index (χ2v) is 7.70. The summed E-state index contributed by atoms with van der Waals surface area (Å²) in [6.07, 6.45) is -0.760. The first-order chi connectivity index (χ1) is 15.5. The fourth-order valence-corrected chi connectivity index (χ4v) is 4.63. The van der Waals surface area contributed by atoms with Gasteiger partial charge < -0.3 is 28.8 Å². The van der Waals surface area contributed by atoms with Crippen molar-refractivity contribution in [3.05, 3.63) is 76.9 Å². The molecule has 0 aliphatic heterocycles. The number of rotatable bonds is 7. The second kappa shape index (κ2) is 9.01. The van der Waals surface area contributed by atoms with Gasteiger partial charge in [-0.1, -0.05) is 12.1 Å². The summed E-state index contributed by atoms with van der Waals surface area (Å²) in [6.45, 7) is 0. The number of aliphatic hydroxyl groups excluding tert-OH is 1. The van der Waals surface area contributed by atoms with Crippen LogP contribution in [0, 0.1) is 0 Å². The zero-order valence-corrected chi connectivity index (χ0v) is 18.9. The Bertz CT molecular complexity index is 1070. The van der Waals surface area contributed by atoms with E-state index < -0.39 is 6.10 Å². The van der Waals surface area contributed by atoms with Crippen LogP contribution in [0.25, 0.3) is 0 Å². The Morgan fingerprint density at radius 1 is 0.594 bits per heavy atom. The van der Waals surface area contributed by atoms with E-state index >= 15 is 0 Å². The topological polar surface area (TPSA) is 66.4 Å². The van der Waals surface area contributed by atoms with Crippen LogP contribution >= 0.6 is 0 Å². The van der Waals surface area contributed by atoms with Crippen molar-refractivity contribution in [2.45, 2.75) is 17.9 Å². The average molecular weight is 437 g/mol. The number of hydrogen-bond donors (Lipinski definition) is 1. The van der Waals surface area contributed by atoms with Gasteiger partial charge in [-0.2, -0.15) is 0 Å². The van der Waals surface area contributed by atoms with E-state index in [4.69, 9.17) is 23.7 Å². The number of hydrogen-bond acceptors (Lipinski definition) is 6. The van der Waals surface area contributed by atoms with Gasteiger partial charge in [-0.3, -0.25) is 0 Å². The lowest BCUT2D eigenvalue weighted by molar-refractivity contribution is 0.152. The summed E-state index contributed by atoms with van der Waals surface area (Å²) in [5.74, 6) is 2.98. The number of methoxy groups -OCH3 is 5. The minimum absolute atomic E-state index is 0.196. The third-order valence-electron chi connectivity index (χ3n) is 6.17. The summed E-state index contributed by atoms with van der Waals surface area (Å²) in [7, 11) is 8.13. The fraction of sp³-hybridized carbons (Fsp3) is 0.308. The summed E-state index contributed by atoms with van der Waals surface area (Å²) in [6, 6.07) is 17.3. The molecule has 32 heavy (non-hydrogen) atoms. The third kappa shape index (κ3) is 3.71. The lowest BCUT2D eigenvalue weighted by Crippen LogP contribution is -2.12. The van der Waals surface area contributed by atoms with Crippen molar-refractivity contribution in [2.75, 3.05) is 35.5 Å². The maximum absolute atomic E-state index is 11.5. The molecule has 6 heteroatoms. The van der Waals surface area contributed by atoms with E-state index in [2.05, 4.69) is 0 Å². The van der Waals surface area contributed by atoms with E-state index in [9.17, 15) is 5.11 Å². The predicted octanol–water partition coefficient (Wildman–Crippen LogP) is 4.69. The third-order valence-corrected chi connectivity index (χ3v) is 6.17. The van der Waals surface area contributed by atoms with E-state index in [1.807, 2.05) is 54.6 Å². The molecule has 3 atom stereocenters. The first kappa shape index (κ1) is 21.8. The van der Waals surface area contributed by atoms with Crippen LogP contribution in [0.3, 0.4) is 0 Å². The molecule has 0 bridgehead atoms. The van der Waals surface area contributed by atoms with Crippen molar-refractivity contribution < 1.29 is 28.8 Å². The van der Waals surface area contributed by atoms with E-state index in [0.29, 0.717) is 23.0 Å². The maximum atomic E-state index is 11.5. The molecule has 1 aliphatic rings. The van der Waals surface area contributed by atoms with Gasteiger partial charge in [0.2, 0.25) is 0 Å². The fourth-order valence-electron chi connectivity index (χ4n) is 4.63. The molecule has 0 saturated heterocycles. The van der Waals surface area contributed by atoms with Gasteiger partial charge in [0.15, 0.2) is 0 Å². The van der Waals surface area contributed by atoms with Crippen molar-refractivity contribution in [2.24, 2.45) is 0 Å². The molecule has 6 nitrogen and oxygen atoms in total. The lowest BCUT2D eigenvalue weighted by Gasteiger charge is -2.25. The van der Waals surface area contributed by atoms with Gasteiger partial charge in [0.25, 0.3) is 0 Å². The van der Waals surface area contributed by atoms with Gasteiger partial charge in [-0.15, -0.1) is 0 Å². The Hall–Kier alpha value is -3.38. The molecule has 0 fully saturated rings. The van der Waals surface area contributed by atoms with Gasteiger partial charge in [0, 0.05) is 29.5 Å². The normalized spacial score (nSPS) is 19.2. The smallest absolute Gasteiger partial charge is 0.126 e. The quantitative estimate of drug-likeness (QED) is 0.580. The summed E-state index contributed by atoms with van der Waals surface area (Å²) < 4.78 is 27.6. The molecule has 0 spiro atoms. The molecule has 0 saturated carbocycles. The highest BCUT2D eigenvalue weighted by molar-refractivity contribution is 5.60. The van der Waals surface area contributed by atoms with E-state index in [1.54, 1.807) is 35.5 Å². The Morgan fingerprint density at radius 2 is 1.16 bits per heavy atom. The molecular formula is C26H28O6. The van der Waals surface area contributed by atoms with Gasteiger partial charge in [0.1, 0.15) is 28.7 Å². The SMILES string of the molecule is COc1ccc([C@@H]2[C@@H](c3cc(OC)cc(OC)c3)c3c(OC)cc(OC)cc3[C@H]2O)cc1. The molecule has 3 aromatic rings. The molecule has 3 aromatic carbocycles. The Labute approximate surface area is 188 Å². The lowest BCUT2D eigenvalue weighted by atomic mass is 9.80. The number of benzene rings is 3. The van der Waals surface area contributed by atoms with Crippen LogP contribution in [-0.4, -0.2) is 40.7 Å². The largest absolute Gasteiger partial charge is 0.497 e. The van der Waals surface area contributed by atoms with Gasteiger partial charge in [-0.05, 0) is 47.0 Å². The standard InChI is InChI=1S/C26H28O6/c1-28-17-8-6-15(7-9-17)24-23(16-10-18(29-2)12-19(11-16)30-3)25-21(26(24)27)13-20(31-4)14-22(25)32-5/h6-14,23-24,26-27H,1-5H3/t23-,24-,26-/m1/s1. The van der Waals surface area contributed by atoms with Gasteiger partial charge >= 0.3 is 0 Å². The number of fused-ring (bicyclic) bond motifs is 1. The van der Waals surface area contributed by atoms with Crippen molar-refractivity contribution >= 4 is 0 Å². The number of ether oxygens (including phenoxy) is 5. The van der Waals surface area contributed by atoms with Crippen LogP contribution in [0.15, 0.2) is 54.6 Å². The molecular weight excluding hydrogens is 408 g/mol. The summed E-state index contributed by atoms with van der Waals surface area (Å²) in [4.78, 5) is 0. The highest BCUT2D eigenvalue weighted by Crippen LogP contribution is 2.58. The zero-order chi connectivity index (χ0) is 22.8. The summed E-state index contributed by atoms with van der Waals surface area (Å²) >= 11 is 0. The van der Waals surface area contributed by atoms with E-state index in [1.165, 1.54) is 0 Å². The van der Waals surface area contributed by atoms with Crippen LogP contribution in [0.2, 0.25) is 0 Å². The molecule has 0 amide bonds. The molecule has 1 aliphatic carbocycles. The predicted molar refractivity (Wildman–Crippen MR) is 122 cm³/mol. The van der Waals surface area contributed by atoms with Crippen molar-refractivity contribution in [1.82, 2.24) is 0 Å². The molecule has 168 valence electrons. The second-order valence-electron chi connectivity index (χ2n) is 7.70. The molecule has 0 aromatic heterocycles. The Morgan fingerprint density at radius 3 is 1.69 bits per heavy atom. The summed E-state index contributed by atoms with van der Waals surface area (Å²) in [5, 5.41) is 11.5. The average Bonchev–Trinajstić information content (AvgIpc) is 3.15. The minimum atomic E-state index is -0.760. The molecule has 4 rings (SSSR count). The first-order valence-electron chi connectivity index (χ1n) is 10.3. The van der Waals surface area contributed by atoms with E-state index in [-0.39, 0.29) is 11.8 Å². The van der Waals surface area contributed by atoms with Crippen LogP contribution in [0.4, 0.5) is 0 Å². The molecule has 1 N–H and O–H groups in total. The van der Waals surface area contributed by atoms with Crippen molar-refractivity contribution in [1.29, 1.82) is 0 Å². The monoisotopic (exact) mass is 436 g/mol. The molecule has 0 radical (unpaired) electrons. The highest BCUT2D eigenvalue weighted by Gasteiger charge is 2.44. The van der Waals surface area contributed by atoms with Crippen LogP contribution < -0.4 is 23.7 Å². The van der Waals surface area contributed by atoms with Crippen molar-refractivity contribution in [3.63, 3.8) is 0 Å². The Balaban J connectivity index is 1.96. The summed E-state index contributed by atoms with van der Waals surface area (Å²) in [5.41, 5.74) is 3.66. The zero-order valence-electron chi connectivity index (χ0n) is 18.9. The maximum Gasteiger partial charge on any atom is 0.126 e. The Kier molecular flexibility index (Phi) is 6.15.